The number of para-hydroxylation sites is 1. The molecule has 4 nitrogen and oxygen atoms in total. The highest BCUT2D eigenvalue weighted by Gasteiger charge is 2.24. The van der Waals surface area contributed by atoms with Crippen molar-refractivity contribution in [2.45, 2.75) is 39.3 Å². The van der Waals surface area contributed by atoms with E-state index in [0.717, 1.165) is 31.6 Å². The van der Waals surface area contributed by atoms with Gasteiger partial charge in [-0.15, -0.1) is 0 Å². The third kappa shape index (κ3) is 2.91. The summed E-state index contributed by atoms with van der Waals surface area (Å²) in [6, 6.07) is 15.1. The second-order valence-electron chi connectivity index (χ2n) is 7.06. The number of hydrogen-bond acceptors (Lipinski definition) is 2. The van der Waals surface area contributed by atoms with Gasteiger partial charge in [0.25, 0.3) is 0 Å². The first-order valence-corrected chi connectivity index (χ1v) is 9.22. The fraction of sp³-hybridized carbons (Fsp3) is 0.381. The Morgan fingerprint density at radius 3 is 2.80 bits per heavy atom. The molecule has 1 aliphatic rings. The van der Waals surface area contributed by atoms with Crippen LogP contribution in [-0.4, -0.2) is 23.1 Å². The molecule has 4 heteroatoms. The van der Waals surface area contributed by atoms with Crippen LogP contribution in [0, 0.1) is 5.92 Å². The maximum atomic E-state index is 12.6. The molecular weight excluding hydrogens is 310 g/mol. The topological polar surface area (TPSA) is 46.1 Å². The molecule has 1 saturated heterocycles. The lowest BCUT2D eigenvalue weighted by Crippen LogP contribution is -2.40. The second kappa shape index (κ2) is 6.52. The van der Waals surface area contributed by atoms with Crippen LogP contribution in [0.5, 0.6) is 0 Å². The summed E-state index contributed by atoms with van der Waals surface area (Å²) >= 11 is 0. The smallest absolute Gasteiger partial charge is 0.227 e. The number of piperidine rings is 1. The van der Waals surface area contributed by atoms with Gasteiger partial charge in [0.05, 0.1) is 0 Å². The average molecular weight is 335 g/mol. The number of anilines is 1. The lowest BCUT2D eigenvalue weighted by atomic mass is 9.92. The zero-order valence-corrected chi connectivity index (χ0v) is 14.9. The highest BCUT2D eigenvalue weighted by atomic mass is 16.1. The van der Waals surface area contributed by atoms with Gasteiger partial charge in [0, 0.05) is 46.0 Å². The Kier molecular flexibility index (Phi) is 4.22. The van der Waals surface area contributed by atoms with Crippen LogP contribution in [0.1, 0.15) is 26.7 Å². The number of carbonyl (C=O) groups excluding carboxylic acids is 1. The summed E-state index contributed by atoms with van der Waals surface area (Å²) < 4.78 is 2.32. The normalized spacial score (nSPS) is 20.9. The minimum absolute atomic E-state index is 0.101. The molecule has 1 aliphatic heterocycles. The molecule has 0 unspecified atom stereocenters. The molecule has 2 N–H and O–H groups in total. The summed E-state index contributed by atoms with van der Waals surface area (Å²) in [6.07, 6.45) is 1.82. The predicted molar refractivity (Wildman–Crippen MR) is 104 cm³/mol. The van der Waals surface area contributed by atoms with Crippen molar-refractivity contribution in [3.63, 3.8) is 0 Å². The summed E-state index contributed by atoms with van der Waals surface area (Å²) in [5, 5.41) is 8.99. The van der Waals surface area contributed by atoms with Crippen molar-refractivity contribution in [3.05, 3.63) is 42.5 Å². The van der Waals surface area contributed by atoms with Crippen LogP contribution >= 0.6 is 0 Å². The standard InChI is InChI=1S/C21H25N3O/c1-3-24-19-7-5-4-6-17(19)18-13-16(8-9-20(18)24)23-21(25)15-10-11-22-14(2)12-15/h4-9,13-15,22H,3,10-12H2,1-2H3,(H,23,25)/t14-,15-/m0/s1. The van der Waals surface area contributed by atoms with Gasteiger partial charge in [-0.3, -0.25) is 4.79 Å². The van der Waals surface area contributed by atoms with Crippen LogP contribution in [0.4, 0.5) is 5.69 Å². The zero-order chi connectivity index (χ0) is 17.4. The SMILES string of the molecule is CCn1c2ccccc2c2cc(NC(=O)[C@H]3CCN[C@@H](C)C3)ccc21. The number of benzene rings is 2. The molecule has 3 aromatic rings. The van der Waals surface area contributed by atoms with Crippen LogP contribution in [0.2, 0.25) is 0 Å². The summed E-state index contributed by atoms with van der Waals surface area (Å²) in [4.78, 5) is 12.6. The van der Waals surface area contributed by atoms with Gasteiger partial charge >= 0.3 is 0 Å². The van der Waals surface area contributed by atoms with E-state index in [1.54, 1.807) is 0 Å². The molecule has 130 valence electrons. The molecule has 1 fully saturated rings. The van der Waals surface area contributed by atoms with Gasteiger partial charge in [-0.2, -0.15) is 0 Å². The largest absolute Gasteiger partial charge is 0.341 e. The third-order valence-electron chi connectivity index (χ3n) is 5.35. The van der Waals surface area contributed by atoms with E-state index in [2.05, 4.69) is 65.4 Å². The van der Waals surface area contributed by atoms with Crippen molar-refractivity contribution < 1.29 is 4.79 Å². The molecule has 2 aromatic carbocycles. The van der Waals surface area contributed by atoms with Crippen molar-refractivity contribution in [3.8, 4) is 0 Å². The monoisotopic (exact) mass is 335 g/mol. The van der Waals surface area contributed by atoms with Gasteiger partial charge in [0.15, 0.2) is 0 Å². The highest BCUT2D eigenvalue weighted by Crippen LogP contribution is 2.31. The Balaban J connectivity index is 1.67. The third-order valence-corrected chi connectivity index (χ3v) is 5.35. The summed E-state index contributed by atoms with van der Waals surface area (Å²) in [7, 11) is 0. The van der Waals surface area contributed by atoms with Crippen molar-refractivity contribution in [1.82, 2.24) is 9.88 Å². The number of rotatable bonds is 3. The van der Waals surface area contributed by atoms with E-state index >= 15 is 0 Å². The van der Waals surface area contributed by atoms with Crippen LogP contribution < -0.4 is 10.6 Å². The molecular formula is C21H25N3O. The lowest BCUT2D eigenvalue weighted by molar-refractivity contribution is -0.120. The molecule has 2 heterocycles. The predicted octanol–water partition coefficient (Wildman–Crippen LogP) is 4.14. The van der Waals surface area contributed by atoms with Crippen molar-refractivity contribution in [2.24, 2.45) is 5.92 Å². The van der Waals surface area contributed by atoms with E-state index < -0.39 is 0 Å². The van der Waals surface area contributed by atoms with Gasteiger partial charge < -0.3 is 15.2 Å². The fourth-order valence-electron chi connectivity index (χ4n) is 4.09. The average Bonchev–Trinajstić information content (AvgIpc) is 2.95. The minimum atomic E-state index is 0.101. The Bertz CT molecular complexity index is 927. The Morgan fingerprint density at radius 1 is 1.20 bits per heavy atom. The number of nitrogens with zero attached hydrogens (tertiary/aromatic N) is 1. The van der Waals surface area contributed by atoms with Crippen LogP contribution in [-0.2, 0) is 11.3 Å². The van der Waals surface area contributed by atoms with E-state index in [-0.39, 0.29) is 11.8 Å². The summed E-state index contributed by atoms with van der Waals surface area (Å²) in [5.74, 6) is 0.246. The van der Waals surface area contributed by atoms with Gasteiger partial charge in [-0.25, -0.2) is 0 Å². The minimum Gasteiger partial charge on any atom is -0.341 e. The van der Waals surface area contributed by atoms with Gasteiger partial charge in [-0.1, -0.05) is 18.2 Å². The number of aryl methyl sites for hydroxylation is 1. The molecule has 0 saturated carbocycles. The van der Waals surface area contributed by atoms with Crippen LogP contribution in [0.3, 0.4) is 0 Å². The van der Waals surface area contributed by atoms with E-state index in [1.165, 1.54) is 21.8 Å². The number of aromatic nitrogens is 1. The molecule has 0 aliphatic carbocycles. The Labute approximate surface area is 148 Å². The number of fused-ring (bicyclic) bond motifs is 3. The van der Waals surface area contributed by atoms with E-state index in [1.807, 2.05) is 6.07 Å². The van der Waals surface area contributed by atoms with Gasteiger partial charge in [0.2, 0.25) is 5.91 Å². The van der Waals surface area contributed by atoms with Crippen molar-refractivity contribution >= 4 is 33.4 Å². The number of carbonyl (C=O) groups is 1. The van der Waals surface area contributed by atoms with E-state index in [0.29, 0.717) is 6.04 Å². The molecule has 0 radical (unpaired) electrons. The zero-order valence-electron chi connectivity index (χ0n) is 14.9. The fourth-order valence-corrected chi connectivity index (χ4v) is 4.09. The Morgan fingerprint density at radius 2 is 2.00 bits per heavy atom. The molecule has 1 aromatic heterocycles. The van der Waals surface area contributed by atoms with Crippen LogP contribution in [0.15, 0.2) is 42.5 Å². The quantitative estimate of drug-likeness (QED) is 0.755. The molecule has 0 spiro atoms. The first-order valence-electron chi connectivity index (χ1n) is 9.22. The molecule has 1 amide bonds. The van der Waals surface area contributed by atoms with Gasteiger partial charge in [0.1, 0.15) is 0 Å². The first kappa shape index (κ1) is 16.2. The highest BCUT2D eigenvalue weighted by molar-refractivity contribution is 6.09. The molecule has 4 rings (SSSR count). The molecule has 0 bridgehead atoms. The first-order chi connectivity index (χ1) is 12.2. The van der Waals surface area contributed by atoms with Gasteiger partial charge in [-0.05, 0) is 57.5 Å². The second-order valence-corrected chi connectivity index (χ2v) is 7.06. The summed E-state index contributed by atoms with van der Waals surface area (Å²) in [5.41, 5.74) is 3.36. The summed E-state index contributed by atoms with van der Waals surface area (Å²) in [6.45, 7) is 6.16. The Hall–Kier alpha value is -2.33. The van der Waals surface area contributed by atoms with E-state index in [9.17, 15) is 4.79 Å². The number of hydrogen-bond donors (Lipinski definition) is 2. The van der Waals surface area contributed by atoms with Crippen molar-refractivity contribution in [2.75, 3.05) is 11.9 Å². The number of amides is 1. The van der Waals surface area contributed by atoms with Crippen LogP contribution in [0.25, 0.3) is 21.8 Å². The number of nitrogens with one attached hydrogen (secondary N) is 2. The van der Waals surface area contributed by atoms with E-state index in [4.69, 9.17) is 0 Å². The molecule has 25 heavy (non-hydrogen) atoms. The van der Waals surface area contributed by atoms with Crippen molar-refractivity contribution in [1.29, 1.82) is 0 Å². The molecule has 2 atom stereocenters. The maximum Gasteiger partial charge on any atom is 0.227 e. The maximum absolute atomic E-state index is 12.6. The lowest BCUT2D eigenvalue weighted by Gasteiger charge is -2.27.